The number of morpholine rings is 1. The lowest BCUT2D eigenvalue weighted by atomic mass is 10.0. The molecule has 1 atom stereocenters. The molecule has 1 aromatic rings. The summed E-state index contributed by atoms with van der Waals surface area (Å²) in [6.07, 6.45) is -0.0659. The lowest BCUT2D eigenvalue weighted by molar-refractivity contribution is 0.0275. The molecule has 1 aliphatic rings. The Morgan fingerprint density at radius 3 is 2.78 bits per heavy atom. The summed E-state index contributed by atoms with van der Waals surface area (Å²) in [4.78, 5) is 0. The maximum atomic E-state index is 13.0. The number of alkyl halides is 1. The smallest absolute Gasteiger partial charge is 0.166 e. The van der Waals surface area contributed by atoms with Crippen LogP contribution in [0.1, 0.15) is 17.2 Å². The molecule has 1 aliphatic heterocycles. The molecule has 0 amide bonds. The molecule has 5 heteroatoms. The van der Waals surface area contributed by atoms with Crippen LogP contribution in [-0.4, -0.2) is 33.9 Å². The van der Waals surface area contributed by atoms with Crippen LogP contribution in [0, 0.1) is 0 Å². The second-order valence-corrected chi connectivity index (χ2v) is 4.11. The Labute approximate surface area is 106 Å². The van der Waals surface area contributed by atoms with Crippen LogP contribution in [0.2, 0.25) is 0 Å². The Morgan fingerprint density at radius 1 is 1.39 bits per heavy atom. The third-order valence-electron chi connectivity index (χ3n) is 3.02. The monoisotopic (exact) mass is 255 g/mol. The molecule has 100 valence electrons. The van der Waals surface area contributed by atoms with Gasteiger partial charge in [0, 0.05) is 18.7 Å². The highest BCUT2D eigenvalue weighted by atomic mass is 19.1. The van der Waals surface area contributed by atoms with Crippen molar-refractivity contribution in [2.24, 2.45) is 0 Å². The van der Waals surface area contributed by atoms with Crippen molar-refractivity contribution in [1.82, 2.24) is 5.32 Å². The first-order valence-electron chi connectivity index (χ1n) is 5.93. The zero-order chi connectivity index (χ0) is 13.0. The van der Waals surface area contributed by atoms with Crippen molar-refractivity contribution in [2.45, 2.75) is 12.8 Å². The summed E-state index contributed by atoms with van der Waals surface area (Å²) >= 11 is 0. The van der Waals surface area contributed by atoms with Crippen LogP contribution in [-0.2, 0) is 11.4 Å². The lowest BCUT2D eigenvalue weighted by Gasteiger charge is -2.25. The molecule has 18 heavy (non-hydrogen) atoms. The summed E-state index contributed by atoms with van der Waals surface area (Å²) in [6, 6.07) is 3.62. The highest BCUT2D eigenvalue weighted by Crippen LogP contribution is 2.35. The summed E-state index contributed by atoms with van der Waals surface area (Å²) in [5.74, 6) is 0.990. The molecule has 2 rings (SSSR count). The van der Waals surface area contributed by atoms with Crippen LogP contribution in [0.15, 0.2) is 12.1 Å². The van der Waals surface area contributed by atoms with E-state index in [2.05, 4.69) is 5.32 Å². The quantitative estimate of drug-likeness (QED) is 0.891. The molecule has 1 unspecified atom stereocenters. The fourth-order valence-electron chi connectivity index (χ4n) is 2.13. The molecular weight excluding hydrogens is 237 g/mol. The Hall–Kier alpha value is -1.33. The first kappa shape index (κ1) is 13.1. The van der Waals surface area contributed by atoms with Gasteiger partial charge in [0.05, 0.1) is 26.9 Å². The number of ether oxygens (including phenoxy) is 3. The molecule has 1 aromatic carbocycles. The van der Waals surface area contributed by atoms with E-state index < -0.39 is 6.67 Å². The topological polar surface area (TPSA) is 39.7 Å². The van der Waals surface area contributed by atoms with Gasteiger partial charge < -0.3 is 19.5 Å². The number of benzene rings is 1. The van der Waals surface area contributed by atoms with Gasteiger partial charge in [0.25, 0.3) is 0 Å². The number of rotatable bonds is 4. The minimum atomic E-state index is -0.590. The summed E-state index contributed by atoms with van der Waals surface area (Å²) in [5.41, 5.74) is 1.40. The summed E-state index contributed by atoms with van der Waals surface area (Å²) in [5, 5.41) is 3.25. The fraction of sp³-hybridized carbons (Fsp3) is 0.538. The van der Waals surface area contributed by atoms with Gasteiger partial charge in [0.1, 0.15) is 6.67 Å². The first-order chi connectivity index (χ1) is 8.80. The highest BCUT2D eigenvalue weighted by Gasteiger charge is 2.20. The molecule has 4 nitrogen and oxygen atoms in total. The predicted molar refractivity (Wildman–Crippen MR) is 65.9 cm³/mol. The summed E-state index contributed by atoms with van der Waals surface area (Å²) < 4.78 is 29.1. The van der Waals surface area contributed by atoms with E-state index in [0.717, 1.165) is 18.7 Å². The minimum Gasteiger partial charge on any atom is -0.493 e. The van der Waals surface area contributed by atoms with E-state index >= 15 is 0 Å². The van der Waals surface area contributed by atoms with Crippen LogP contribution in [0.3, 0.4) is 0 Å². The van der Waals surface area contributed by atoms with Gasteiger partial charge in [-0.15, -0.1) is 0 Å². The molecule has 0 spiro atoms. The van der Waals surface area contributed by atoms with Gasteiger partial charge in [-0.05, 0) is 17.7 Å². The summed E-state index contributed by atoms with van der Waals surface area (Å²) in [6.45, 7) is 1.64. The largest absolute Gasteiger partial charge is 0.493 e. The maximum Gasteiger partial charge on any atom is 0.166 e. The van der Waals surface area contributed by atoms with Gasteiger partial charge in [-0.2, -0.15) is 0 Å². The van der Waals surface area contributed by atoms with E-state index in [1.54, 1.807) is 13.2 Å². The van der Waals surface area contributed by atoms with Crippen LogP contribution >= 0.6 is 0 Å². The minimum absolute atomic E-state index is 0.0659. The standard InChI is InChI=1S/C13H18FNO3/c1-16-11-6-9(12-8-15-3-4-18-12)5-10(7-14)13(11)17-2/h5-6,12,15H,3-4,7-8H2,1-2H3. The van der Waals surface area contributed by atoms with Crippen molar-refractivity contribution < 1.29 is 18.6 Å². The Kier molecular flexibility index (Phi) is 4.38. The summed E-state index contributed by atoms with van der Waals surface area (Å²) in [7, 11) is 3.05. The number of hydrogen-bond donors (Lipinski definition) is 1. The fourth-order valence-corrected chi connectivity index (χ4v) is 2.13. The van der Waals surface area contributed by atoms with Crippen LogP contribution in [0.25, 0.3) is 0 Å². The van der Waals surface area contributed by atoms with Gasteiger partial charge in [-0.1, -0.05) is 0 Å². The highest BCUT2D eigenvalue weighted by molar-refractivity contribution is 5.50. The molecule has 1 N–H and O–H groups in total. The van der Waals surface area contributed by atoms with Gasteiger partial charge in [-0.25, -0.2) is 4.39 Å². The van der Waals surface area contributed by atoms with Crippen molar-refractivity contribution in [3.05, 3.63) is 23.3 Å². The Balaban J connectivity index is 2.35. The van der Waals surface area contributed by atoms with Crippen LogP contribution < -0.4 is 14.8 Å². The van der Waals surface area contributed by atoms with Gasteiger partial charge in [-0.3, -0.25) is 0 Å². The zero-order valence-electron chi connectivity index (χ0n) is 10.7. The van der Waals surface area contributed by atoms with Crippen LogP contribution in [0.5, 0.6) is 11.5 Å². The van der Waals surface area contributed by atoms with Crippen molar-refractivity contribution >= 4 is 0 Å². The lowest BCUT2D eigenvalue weighted by Crippen LogP contribution is -2.33. The second-order valence-electron chi connectivity index (χ2n) is 4.11. The maximum absolute atomic E-state index is 13.0. The molecule has 1 fully saturated rings. The third kappa shape index (κ3) is 2.57. The molecule has 0 bridgehead atoms. The van der Waals surface area contributed by atoms with Crippen LogP contribution in [0.4, 0.5) is 4.39 Å². The average Bonchev–Trinajstić information content (AvgIpc) is 2.46. The SMILES string of the molecule is COc1cc(C2CNCCO2)cc(CF)c1OC. The Bertz CT molecular complexity index is 380. The predicted octanol–water partition coefficient (Wildman–Crippen LogP) is 1.83. The third-order valence-corrected chi connectivity index (χ3v) is 3.02. The zero-order valence-corrected chi connectivity index (χ0v) is 10.7. The van der Waals surface area contributed by atoms with E-state index in [9.17, 15) is 4.39 Å². The molecule has 0 radical (unpaired) electrons. The van der Waals surface area contributed by atoms with E-state index in [0.29, 0.717) is 23.7 Å². The Morgan fingerprint density at radius 2 is 2.22 bits per heavy atom. The molecule has 1 heterocycles. The number of halogens is 1. The van der Waals surface area contributed by atoms with Crippen molar-refractivity contribution in [1.29, 1.82) is 0 Å². The van der Waals surface area contributed by atoms with E-state index in [1.807, 2.05) is 6.07 Å². The van der Waals surface area contributed by atoms with E-state index in [-0.39, 0.29) is 6.10 Å². The molecule has 0 saturated carbocycles. The van der Waals surface area contributed by atoms with E-state index in [4.69, 9.17) is 14.2 Å². The molecule has 1 saturated heterocycles. The first-order valence-corrected chi connectivity index (χ1v) is 5.93. The van der Waals surface area contributed by atoms with Gasteiger partial charge in [0.2, 0.25) is 0 Å². The number of methoxy groups -OCH3 is 2. The number of hydrogen-bond acceptors (Lipinski definition) is 4. The van der Waals surface area contributed by atoms with Crippen molar-refractivity contribution in [3.63, 3.8) is 0 Å². The van der Waals surface area contributed by atoms with E-state index in [1.165, 1.54) is 7.11 Å². The molecular formula is C13H18FNO3. The number of nitrogens with one attached hydrogen (secondary N) is 1. The average molecular weight is 255 g/mol. The normalized spacial score (nSPS) is 19.6. The second kappa shape index (κ2) is 6.02. The van der Waals surface area contributed by atoms with Crippen molar-refractivity contribution in [2.75, 3.05) is 33.9 Å². The molecule has 0 aliphatic carbocycles. The van der Waals surface area contributed by atoms with Gasteiger partial charge in [0.15, 0.2) is 11.5 Å². The van der Waals surface area contributed by atoms with Crippen molar-refractivity contribution in [3.8, 4) is 11.5 Å². The van der Waals surface area contributed by atoms with Gasteiger partial charge >= 0.3 is 0 Å². The molecule has 0 aromatic heterocycles.